The molecule has 2 aromatic carbocycles. The predicted molar refractivity (Wildman–Crippen MR) is 80.2 cm³/mol. The van der Waals surface area contributed by atoms with Crippen molar-refractivity contribution >= 4 is 18.3 Å². The summed E-state index contributed by atoms with van der Waals surface area (Å²) in [6.45, 7) is 9.05. The molecule has 0 radical (unpaired) electrons. The van der Waals surface area contributed by atoms with E-state index in [1.54, 1.807) is 0 Å². The Kier molecular flexibility index (Phi) is 2.79. The van der Waals surface area contributed by atoms with Crippen LogP contribution in [0.3, 0.4) is 0 Å². The molecule has 0 saturated heterocycles. The van der Waals surface area contributed by atoms with Gasteiger partial charge in [-0.15, -0.1) is 0 Å². The number of anilines is 1. The maximum Gasteiger partial charge on any atom is 0.136 e. The van der Waals surface area contributed by atoms with E-state index in [-0.39, 0.29) is 0 Å². The van der Waals surface area contributed by atoms with E-state index in [9.17, 15) is 0 Å². The first-order chi connectivity index (χ1) is 9.17. The fraction of sp³-hybridized carbons (Fsp3) is 0.176. The maximum atomic E-state index is 5.99. The van der Waals surface area contributed by atoms with Crippen LogP contribution >= 0.6 is 0 Å². The number of benzene rings is 2. The highest BCUT2D eigenvalue weighted by Gasteiger charge is 2.12. The Hall–Kier alpha value is -2.22. The van der Waals surface area contributed by atoms with Crippen LogP contribution in [0.1, 0.15) is 18.1 Å². The van der Waals surface area contributed by atoms with Crippen molar-refractivity contribution in [2.24, 2.45) is 0 Å². The summed E-state index contributed by atoms with van der Waals surface area (Å²) in [6.07, 6.45) is 2.16. The first-order valence-electron chi connectivity index (χ1n) is 6.54. The average Bonchev–Trinajstić information content (AvgIpc) is 2.38. The number of fused-ring (bicyclic) bond motifs is 2. The Morgan fingerprint density at radius 3 is 2.79 bits per heavy atom. The third kappa shape index (κ3) is 2.10. The van der Waals surface area contributed by atoms with Crippen LogP contribution in [-0.2, 0) is 0 Å². The zero-order valence-electron chi connectivity index (χ0n) is 11.3. The zero-order chi connectivity index (χ0) is 13.4. The first kappa shape index (κ1) is 11.8. The largest absolute Gasteiger partial charge is 0.456 e. The minimum absolute atomic E-state index is 0.881. The van der Waals surface area contributed by atoms with Gasteiger partial charge in [0, 0.05) is 29.1 Å². The molecule has 3 rings (SSSR count). The highest BCUT2D eigenvalue weighted by Crippen LogP contribution is 2.32. The Morgan fingerprint density at radius 1 is 1.16 bits per heavy atom. The van der Waals surface area contributed by atoms with Crippen LogP contribution in [0.2, 0.25) is 0 Å². The first-order valence-corrected chi connectivity index (χ1v) is 6.54. The second-order valence-electron chi connectivity index (χ2n) is 4.85. The van der Waals surface area contributed by atoms with Crippen molar-refractivity contribution in [3.05, 3.63) is 51.9 Å². The molecule has 0 fully saturated rings. The molecular formula is C17H17NO. The summed E-state index contributed by atoms with van der Waals surface area (Å²) in [4.78, 5) is 0. The molecule has 0 spiro atoms. The van der Waals surface area contributed by atoms with E-state index >= 15 is 0 Å². The number of hydrogen-bond acceptors (Lipinski definition) is 2. The van der Waals surface area contributed by atoms with Crippen LogP contribution in [0.15, 0.2) is 30.3 Å². The van der Waals surface area contributed by atoms with Gasteiger partial charge in [0.2, 0.25) is 0 Å². The Labute approximate surface area is 113 Å². The molecule has 0 saturated carbocycles. The fourth-order valence-corrected chi connectivity index (χ4v) is 2.36. The average molecular weight is 251 g/mol. The van der Waals surface area contributed by atoms with E-state index in [1.165, 1.54) is 5.56 Å². The van der Waals surface area contributed by atoms with Gasteiger partial charge < -0.3 is 10.1 Å². The van der Waals surface area contributed by atoms with Gasteiger partial charge >= 0.3 is 0 Å². The molecule has 0 atom stereocenters. The van der Waals surface area contributed by atoms with Gasteiger partial charge in [0.05, 0.1) is 0 Å². The summed E-state index contributed by atoms with van der Waals surface area (Å²) in [5.74, 6) is 1.78. The third-order valence-corrected chi connectivity index (χ3v) is 3.33. The second-order valence-corrected chi connectivity index (χ2v) is 4.85. The SMILES string of the molecule is C=c1ccc2c(c1)Oc1cc(NCC)c(C)cc1C=2. The Morgan fingerprint density at radius 2 is 2.00 bits per heavy atom. The van der Waals surface area contributed by atoms with Gasteiger partial charge in [0.25, 0.3) is 0 Å². The van der Waals surface area contributed by atoms with Crippen LogP contribution in [0.5, 0.6) is 11.5 Å². The topological polar surface area (TPSA) is 21.3 Å². The molecule has 1 aliphatic heterocycles. The highest BCUT2D eigenvalue weighted by atomic mass is 16.5. The van der Waals surface area contributed by atoms with Gasteiger partial charge in [-0.05, 0) is 42.8 Å². The van der Waals surface area contributed by atoms with Crippen molar-refractivity contribution in [3.8, 4) is 11.5 Å². The van der Waals surface area contributed by atoms with E-state index in [4.69, 9.17) is 4.74 Å². The van der Waals surface area contributed by atoms with Crippen LogP contribution < -0.4 is 20.5 Å². The molecule has 0 amide bonds. The maximum absolute atomic E-state index is 5.99. The van der Waals surface area contributed by atoms with E-state index in [1.807, 2.05) is 18.2 Å². The van der Waals surface area contributed by atoms with Crippen molar-refractivity contribution in [1.29, 1.82) is 0 Å². The summed E-state index contributed by atoms with van der Waals surface area (Å²) in [5, 5.41) is 5.43. The van der Waals surface area contributed by atoms with E-state index in [0.29, 0.717) is 0 Å². The molecule has 0 unspecified atom stereocenters. The molecule has 1 N–H and O–H groups in total. The quantitative estimate of drug-likeness (QED) is 0.756. The molecule has 2 aromatic rings. The van der Waals surface area contributed by atoms with E-state index < -0.39 is 0 Å². The molecule has 1 aliphatic rings. The van der Waals surface area contributed by atoms with Gasteiger partial charge in [-0.1, -0.05) is 18.7 Å². The molecule has 0 bridgehead atoms. The minimum Gasteiger partial charge on any atom is -0.456 e. The lowest BCUT2D eigenvalue weighted by Gasteiger charge is -2.18. The molecule has 19 heavy (non-hydrogen) atoms. The van der Waals surface area contributed by atoms with Crippen LogP contribution in [0.25, 0.3) is 12.7 Å². The molecular weight excluding hydrogens is 234 g/mol. The lowest BCUT2D eigenvalue weighted by Crippen LogP contribution is -2.14. The summed E-state index contributed by atoms with van der Waals surface area (Å²) >= 11 is 0. The highest BCUT2D eigenvalue weighted by molar-refractivity contribution is 5.69. The molecule has 2 heteroatoms. The molecule has 1 heterocycles. The number of aryl methyl sites for hydroxylation is 1. The predicted octanol–water partition coefficient (Wildman–Crippen LogP) is 2.77. The van der Waals surface area contributed by atoms with Crippen LogP contribution in [0.4, 0.5) is 5.69 Å². The van der Waals surface area contributed by atoms with Gasteiger partial charge in [-0.25, -0.2) is 0 Å². The number of ether oxygens (including phenoxy) is 1. The minimum atomic E-state index is 0.881. The summed E-state index contributed by atoms with van der Waals surface area (Å²) in [5.41, 5.74) is 3.49. The number of rotatable bonds is 2. The monoisotopic (exact) mass is 251 g/mol. The van der Waals surface area contributed by atoms with Gasteiger partial charge in [-0.3, -0.25) is 0 Å². The van der Waals surface area contributed by atoms with Gasteiger partial charge in [0.1, 0.15) is 11.5 Å². The van der Waals surface area contributed by atoms with Crippen LogP contribution in [-0.4, -0.2) is 6.54 Å². The summed E-state index contributed by atoms with van der Waals surface area (Å²) in [6, 6.07) is 10.3. The lowest BCUT2D eigenvalue weighted by molar-refractivity contribution is 0.473. The lowest BCUT2D eigenvalue weighted by atomic mass is 10.0. The van der Waals surface area contributed by atoms with Crippen LogP contribution in [0, 0.1) is 6.92 Å². The number of nitrogens with one attached hydrogen (secondary N) is 1. The van der Waals surface area contributed by atoms with Gasteiger partial charge in [0.15, 0.2) is 0 Å². The van der Waals surface area contributed by atoms with Crippen molar-refractivity contribution in [3.63, 3.8) is 0 Å². The van der Waals surface area contributed by atoms with Crippen molar-refractivity contribution < 1.29 is 4.74 Å². The van der Waals surface area contributed by atoms with Gasteiger partial charge in [-0.2, -0.15) is 0 Å². The summed E-state index contributed by atoms with van der Waals surface area (Å²) < 4.78 is 5.99. The normalized spacial score (nSPS) is 11.9. The molecule has 96 valence electrons. The molecule has 2 nitrogen and oxygen atoms in total. The standard InChI is InChI=1S/C17H17NO/c1-4-18-15-10-17-14(8-12(15)3)9-13-6-5-11(2)7-16(13)19-17/h5-10,18H,2,4H2,1,3H3. The Bertz CT molecular complexity index is 747. The smallest absolute Gasteiger partial charge is 0.136 e. The second kappa shape index (κ2) is 4.47. The fourth-order valence-electron chi connectivity index (χ4n) is 2.36. The third-order valence-electron chi connectivity index (χ3n) is 3.33. The van der Waals surface area contributed by atoms with E-state index in [0.717, 1.165) is 39.7 Å². The zero-order valence-corrected chi connectivity index (χ0v) is 11.3. The Balaban J connectivity index is 2.17. The van der Waals surface area contributed by atoms with Crippen molar-refractivity contribution in [1.82, 2.24) is 0 Å². The van der Waals surface area contributed by atoms with E-state index in [2.05, 4.69) is 44.0 Å². The van der Waals surface area contributed by atoms with Crippen molar-refractivity contribution in [2.75, 3.05) is 11.9 Å². The molecule has 0 aliphatic carbocycles. The van der Waals surface area contributed by atoms with Crippen molar-refractivity contribution in [2.45, 2.75) is 13.8 Å². The number of hydrogen-bond donors (Lipinski definition) is 1. The molecule has 0 aromatic heterocycles. The summed E-state index contributed by atoms with van der Waals surface area (Å²) in [7, 11) is 0.